The van der Waals surface area contributed by atoms with Gasteiger partial charge in [-0.05, 0) is 30.7 Å². The number of rotatable bonds is 5. The van der Waals surface area contributed by atoms with Gasteiger partial charge < -0.3 is 10.4 Å². The first-order valence-corrected chi connectivity index (χ1v) is 7.32. The van der Waals surface area contributed by atoms with Gasteiger partial charge in [0.25, 0.3) is 0 Å². The van der Waals surface area contributed by atoms with Gasteiger partial charge in [0.05, 0.1) is 12.0 Å². The molecule has 0 aliphatic rings. The maximum atomic E-state index is 13.2. The van der Waals surface area contributed by atoms with E-state index in [9.17, 15) is 14.3 Å². The van der Waals surface area contributed by atoms with Crippen molar-refractivity contribution in [3.8, 4) is 0 Å². The molecule has 2 aromatic carbocycles. The van der Waals surface area contributed by atoms with Crippen molar-refractivity contribution in [3.05, 3.63) is 70.5 Å². The molecule has 2 atom stereocenters. The van der Waals surface area contributed by atoms with Crippen molar-refractivity contribution in [2.45, 2.75) is 18.9 Å². The molecule has 116 valence electrons. The average molecular weight is 322 g/mol. The molecular weight excluding hydrogens is 305 g/mol. The molecule has 2 unspecified atom stereocenters. The molecular formula is C17H17ClFNO2. The summed E-state index contributed by atoms with van der Waals surface area (Å²) in [4.78, 5) is 12.1. The van der Waals surface area contributed by atoms with Crippen LogP contribution in [0, 0.1) is 5.82 Å². The van der Waals surface area contributed by atoms with Gasteiger partial charge in [0.1, 0.15) is 5.82 Å². The molecule has 0 fully saturated rings. The first kappa shape index (κ1) is 16.5. The number of halogens is 2. The number of aliphatic hydroxyl groups excluding tert-OH is 1. The lowest BCUT2D eigenvalue weighted by Gasteiger charge is -2.16. The van der Waals surface area contributed by atoms with Crippen molar-refractivity contribution >= 4 is 17.5 Å². The van der Waals surface area contributed by atoms with Crippen molar-refractivity contribution in [1.82, 2.24) is 5.32 Å². The van der Waals surface area contributed by atoms with Crippen LogP contribution in [0.2, 0.25) is 5.02 Å². The summed E-state index contributed by atoms with van der Waals surface area (Å²) in [6.45, 7) is 1.73. The average Bonchev–Trinajstić information content (AvgIpc) is 2.52. The highest BCUT2D eigenvalue weighted by atomic mass is 35.5. The molecule has 0 spiro atoms. The van der Waals surface area contributed by atoms with E-state index >= 15 is 0 Å². The van der Waals surface area contributed by atoms with E-state index in [2.05, 4.69) is 5.32 Å². The molecule has 2 N–H and O–H groups in total. The van der Waals surface area contributed by atoms with Gasteiger partial charge in [-0.15, -0.1) is 0 Å². The summed E-state index contributed by atoms with van der Waals surface area (Å²) in [5, 5.41) is 13.2. The minimum absolute atomic E-state index is 0.0439. The first-order valence-electron chi connectivity index (χ1n) is 6.94. The molecule has 0 aliphatic carbocycles. The normalized spacial score (nSPS) is 13.5. The topological polar surface area (TPSA) is 49.3 Å². The van der Waals surface area contributed by atoms with Crippen LogP contribution in [-0.2, 0) is 4.79 Å². The fourth-order valence-corrected chi connectivity index (χ4v) is 2.39. The van der Waals surface area contributed by atoms with Gasteiger partial charge in [-0.25, -0.2) is 4.39 Å². The molecule has 0 saturated carbocycles. The standard InChI is InChI=1S/C17H17ClFNO2/c1-11(12-5-4-6-13(19)9-12)17(22)20-10-16(21)14-7-2-3-8-15(14)18/h2-9,11,16,21H,10H2,1H3,(H,20,22). The Bertz CT molecular complexity index is 663. The molecule has 2 rings (SSSR count). The van der Waals surface area contributed by atoms with E-state index in [1.165, 1.54) is 12.1 Å². The molecule has 3 nitrogen and oxygen atoms in total. The quantitative estimate of drug-likeness (QED) is 0.886. The largest absolute Gasteiger partial charge is 0.387 e. The van der Waals surface area contributed by atoms with Crippen LogP contribution in [0.4, 0.5) is 4.39 Å². The number of aliphatic hydroxyl groups is 1. The molecule has 2 aromatic rings. The van der Waals surface area contributed by atoms with E-state index in [1.54, 1.807) is 43.3 Å². The fourth-order valence-electron chi connectivity index (χ4n) is 2.13. The summed E-state index contributed by atoms with van der Waals surface area (Å²) in [5.74, 6) is -1.17. The SMILES string of the molecule is CC(C(=O)NCC(O)c1ccccc1Cl)c1cccc(F)c1. The number of hydrogen-bond acceptors (Lipinski definition) is 2. The third-order valence-corrected chi connectivity index (χ3v) is 3.82. The third kappa shape index (κ3) is 4.06. The van der Waals surface area contributed by atoms with Crippen LogP contribution < -0.4 is 5.32 Å². The Kier molecular flexibility index (Phi) is 5.52. The summed E-state index contributed by atoms with van der Waals surface area (Å²) >= 11 is 6.00. The Morgan fingerprint density at radius 1 is 1.27 bits per heavy atom. The molecule has 0 bridgehead atoms. The number of carbonyl (C=O) groups is 1. The van der Waals surface area contributed by atoms with Gasteiger partial charge in [0.2, 0.25) is 5.91 Å². The fraction of sp³-hybridized carbons (Fsp3) is 0.235. The van der Waals surface area contributed by atoms with Crippen molar-refractivity contribution in [2.24, 2.45) is 0 Å². The summed E-state index contributed by atoms with van der Waals surface area (Å²) in [6, 6.07) is 12.8. The maximum absolute atomic E-state index is 13.2. The zero-order chi connectivity index (χ0) is 16.1. The zero-order valence-electron chi connectivity index (χ0n) is 12.1. The van der Waals surface area contributed by atoms with Gasteiger partial charge >= 0.3 is 0 Å². The van der Waals surface area contributed by atoms with Crippen LogP contribution in [0.15, 0.2) is 48.5 Å². The smallest absolute Gasteiger partial charge is 0.227 e. The van der Waals surface area contributed by atoms with Gasteiger partial charge in [-0.2, -0.15) is 0 Å². The number of benzene rings is 2. The Morgan fingerprint density at radius 2 is 2.00 bits per heavy atom. The molecule has 0 aliphatic heterocycles. The molecule has 1 amide bonds. The van der Waals surface area contributed by atoms with Crippen LogP contribution in [-0.4, -0.2) is 17.6 Å². The Balaban J connectivity index is 1.96. The second-order valence-electron chi connectivity index (χ2n) is 5.06. The van der Waals surface area contributed by atoms with Crippen molar-refractivity contribution in [2.75, 3.05) is 6.54 Å². The van der Waals surface area contributed by atoms with Crippen LogP contribution in [0.3, 0.4) is 0 Å². The molecule has 0 aromatic heterocycles. The lowest BCUT2D eigenvalue weighted by molar-refractivity contribution is -0.122. The lowest BCUT2D eigenvalue weighted by Crippen LogP contribution is -2.31. The monoisotopic (exact) mass is 321 g/mol. The van der Waals surface area contributed by atoms with Gasteiger partial charge in [0.15, 0.2) is 0 Å². The van der Waals surface area contributed by atoms with Crippen LogP contribution in [0.5, 0.6) is 0 Å². The van der Waals surface area contributed by atoms with E-state index in [0.717, 1.165) is 0 Å². The molecule has 22 heavy (non-hydrogen) atoms. The highest BCUT2D eigenvalue weighted by molar-refractivity contribution is 6.31. The summed E-state index contributed by atoms with van der Waals surface area (Å²) in [7, 11) is 0. The van der Waals surface area contributed by atoms with Gasteiger partial charge in [0, 0.05) is 17.1 Å². The number of hydrogen-bond donors (Lipinski definition) is 2. The number of amides is 1. The van der Waals surface area contributed by atoms with E-state index < -0.39 is 12.0 Å². The molecule has 0 radical (unpaired) electrons. The lowest BCUT2D eigenvalue weighted by atomic mass is 10.00. The second kappa shape index (κ2) is 7.38. The highest BCUT2D eigenvalue weighted by Gasteiger charge is 2.18. The highest BCUT2D eigenvalue weighted by Crippen LogP contribution is 2.22. The molecule has 5 heteroatoms. The first-order chi connectivity index (χ1) is 10.5. The van der Waals surface area contributed by atoms with E-state index in [-0.39, 0.29) is 18.3 Å². The third-order valence-electron chi connectivity index (χ3n) is 3.48. The van der Waals surface area contributed by atoms with Gasteiger partial charge in [-0.3, -0.25) is 4.79 Å². The van der Waals surface area contributed by atoms with Crippen molar-refractivity contribution in [3.63, 3.8) is 0 Å². The van der Waals surface area contributed by atoms with E-state index in [0.29, 0.717) is 16.1 Å². The minimum Gasteiger partial charge on any atom is -0.387 e. The minimum atomic E-state index is -0.891. The predicted octanol–water partition coefficient (Wildman–Crippen LogP) is 3.43. The Hall–Kier alpha value is -1.91. The van der Waals surface area contributed by atoms with E-state index in [1.807, 2.05) is 0 Å². The molecule has 0 heterocycles. The van der Waals surface area contributed by atoms with Crippen molar-refractivity contribution in [1.29, 1.82) is 0 Å². The number of carbonyl (C=O) groups excluding carboxylic acids is 1. The van der Waals surface area contributed by atoms with E-state index in [4.69, 9.17) is 11.6 Å². The van der Waals surface area contributed by atoms with Crippen LogP contribution in [0.25, 0.3) is 0 Å². The zero-order valence-corrected chi connectivity index (χ0v) is 12.8. The molecule has 0 saturated heterocycles. The summed E-state index contributed by atoms with van der Waals surface area (Å²) in [6.07, 6.45) is -0.891. The van der Waals surface area contributed by atoms with Crippen molar-refractivity contribution < 1.29 is 14.3 Å². The van der Waals surface area contributed by atoms with Gasteiger partial charge in [-0.1, -0.05) is 41.9 Å². The Morgan fingerprint density at radius 3 is 2.68 bits per heavy atom. The number of nitrogens with one attached hydrogen (secondary N) is 1. The van der Waals surface area contributed by atoms with Crippen LogP contribution >= 0.6 is 11.6 Å². The maximum Gasteiger partial charge on any atom is 0.227 e. The predicted molar refractivity (Wildman–Crippen MR) is 84.2 cm³/mol. The summed E-state index contributed by atoms with van der Waals surface area (Å²) in [5.41, 5.74) is 1.15. The van der Waals surface area contributed by atoms with Crippen LogP contribution in [0.1, 0.15) is 30.1 Å². The Labute approximate surface area is 133 Å². The second-order valence-corrected chi connectivity index (χ2v) is 5.47. The summed E-state index contributed by atoms with van der Waals surface area (Å²) < 4.78 is 13.2.